The highest BCUT2D eigenvalue weighted by Crippen LogP contribution is 2.06. The first-order valence-corrected chi connectivity index (χ1v) is 8.17. The molecule has 6 heteroatoms. The quantitative estimate of drug-likeness (QED) is 0.543. The molecule has 0 saturated heterocycles. The Morgan fingerprint density at radius 1 is 1.08 bits per heavy atom. The monoisotopic (exact) mass is 333 g/mol. The predicted molar refractivity (Wildman–Crippen MR) is 99.9 cm³/mol. The van der Waals surface area contributed by atoms with Gasteiger partial charge in [-0.15, -0.1) is 0 Å². The van der Waals surface area contributed by atoms with Crippen LogP contribution in [0.5, 0.6) is 0 Å². The number of hydrogen-bond donors (Lipinski definition) is 3. The van der Waals surface area contributed by atoms with E-state index < -0.39 is 0 Å². The van der Waals surface area contributed by atoms with Crippen LogP contribution >= 0.6 is 0 Å². The summed E-state index contributed by atoms with van der Waals surface area (Å²) in [6.45, 7) is 7.65. The third-order valence-electron chi connectivity index (χ3n) is 3.14. The van der Waals surface area contributed by atoms with E-state index in [1.807, 2.05) is 20.8 Å². The van der Waals surface area contributed by atoms with Crippen LogP contribution in [0.3, 0.4) is 0 Å². The molecule has 0 bridgehead atoms. The molecule has 0 aliphatic carbocycles. The average molecular weight is 333 g/mol. The molecule has 0 aromatic heterocycles. The Morgan fingerprint density at radius 3 is 2.17 bits per heavy atom. The van der Waals surface area contributed by atoms with Crippen LogP contribution in [-0.4, -0.2) is 50.0 Å². The third-order valence-corrected chi connectivity index (χ3v) is 3.14. The highest BCUT2D eigenvalue weighted by Gasteiger charge is 2.13. The summed E-state index contributed by atoms with van der Waals surface area (Å²) in [5.41, 5.74) is 2.22. The van der Waals surface area contributed by atoms with Gasteiger partial charge < -0.3 is 20.9 Å². The number of carbonyl (C=O) groups is 1. The molecule has 0 heterocycles. The molecule has 0 saturated carbocycles. The molecule has 24 heavy (non-hydrogen) atoms. The summed E-state index contributed by atoms with van der Waals surface area (Å²) in [7, 11) is 5.80. The van der Waals surface area contributed by atoms with Crippen LogP contribution in [0.2, 0.25) is 0 Å². The second kappa shape index (κ2) is 9.27. The highest BCUT2D eigenvalue weighted by molar-refractivity contribution is 5.86. The van der Waals surface area contributed by atoms with E-state index in [4.69, 9.17) is 0 Å². The summed E-state index contributed by atoms with van der Waals surface area (Å²) in [4.78, 5) is 18.1. The molecule has 3 N–H and O–H groups in total. The molecule has 0 fully saturated rings. The van der Waals surface area contributed by atoms with Crippen LogP contribution in [0.4, 0.5) is 0 Å². The van der Waals surface area contributed by atoms with Gasteiger partial charge in [-0.3, -0.25) is 9.79 Å². The maximum atomic E-state index is 11.8. The number of hydrogen-bond acceptors (Lipinski definition) is 3. The Balaban J connectivity index is 2.42. The second-order valence-corrected chi connectivity index (χ2v) is 7.13. The minimum absolute atomic E-state index is 0.0570. The zero-order valence-corrected chi connectivity index (χ0v) is 15.7. The average Bonchev–Trinajstić information content (AvgIpc) is 2.46. The van der Waals surface area contributed by atoms with E-state index in [9.17, 15) is 4.79 Å². The van der Waals surface area contributed by atoms with Crippen LogP contribution in [-0.2, 0) is 17.9 Å². The van der Waals surface area contributed by atoms with E-state index in [0.717, 1.165) is 6.54 Å². The fourth-order valence-electron chi connectivity index (χ4n) is 2.16. The number of aliphatic imine (C=N–C) groups is 1. The van der Waals surface area contributed by atoms with Crippen molar-refractivity contribution in [1.82, 2.24) is 20.9 Å². The first-order chi connectivity index (χ1) is 11.2. The van der Waals surface area contributed by atoms with Crippen molar-refractivity contribution >= 4 is 11.9 Å². The molecular weight excluding hydrogens is 302 g/mol. The van der Waals surface area contributed by atoms with Gasteiger partial charge in [-0.1, -0.05) is 24.3 Å². The van der Waals surface area contributed by atoms with Crippen molar-refractivity contribution in [1.29, 1.82) is 0 Å². The maximum absolute atomic E-state index is 11.8. The number of guanidine groups is 1. The molecule has 134 valence electrons. The Bertz CT molecular complexity index is 544. The van der Waals surface area contributed by atoms with E-state index in [-0.39, 0.29) is 18.0 Å². The normalized spacial score (nSPS) is 12.2. The van der Waals surface area contributed by atoms with E-state index >= 15 is 0 Å². The number of nitrogens with one attached hydrogen (secondary N) is 3. The van der Waals surface area contributed by atoms with Gasteiger partial charge in [0.05, 0.1) is 6.54 Å². The molecule has 0 radical (unpaired) electrons. The van der Waals surface area contributed by atoms with E-state index in [1.54, 1.807) is 7.05 Å². The van der Waals surface area contributed by atoms with Gasteiger partial charge in [0.2, 0.25) is 5.91 Å². The van der Waals surface area contributed by atoms with Gasteiger partial charge in [0, 0.05) is 25.7 Å². The Morgan fingerprint density at radius 2 is 1.67 bits per heavy atom. The minimum atomic E-state index is -0.232. The third kappa shape index (κ3) is 8.53. The van der Waals surface area contributed by atoms with Gasteiger partial charge in [0.1, 0.15) is 0 Å². The SMILES string of the molecule is CN=C(NCC(=O)NC(C)(C)C)NCc1ccc(CN(C)C)cc1. The van der Waals surface area contributed by atoms with Crippen molar-refractivity contribution in [2.45, 2.75) is 39.4 Å². The summed E-state index contributed by atoms with van der Waals surface area (Å²) in [6, 6.07) is 8.46. The standard InChI is InChI=1S/C18H31N5O/c1-18(2,3)22-16(24)12-21-17(19-4)20-11-14-7-9-15(10-8-14)13-23(5)6/h7-10H,11-13H2,1-6H3,(H,22,24)(H2,19,20,21). The van der Waals surface area contributed by atoms with Gasteiger partial charge in [0.25, 0.3) is 0 Å². The van der Waals surface area contributed by atoms with Crippen LogP contribution in [0.15, 0.2) is 29.3 Å². The van der Waals surface area contributed by atoms with Crippen molar-refractivity contribution in [3.05, 3.63) is 35.4 Å². The first-order valence-electron chi connectivity index (χ1n) is 8.17. The van der Waals surface area contributed by atoms with Crippen LogP contribution in [0.25, 0.3) is 0 Å². The van der Waals surface area contributed by atoms with Crippen molar-refractivity contribution < 1.29 is 4.79 Å². The van der Waals surface area contributed by atoms with Gasteiger partial charge in [0.15, 0.2) is 5.96 Å². The molecule has 0 unspecified atom stereocenters. The van der Waals surface area contributed by atoms with Crippen LogP contribution in [0, 0.1) is 0 Å². The number of amides is 1. The highest BCUT2D eigenvalue weighted by atomic mass is 16.2. The second-order valence-electron chi connectivity index (χ2n) is 7.13. The first kappa shape index (κ1) is 20.0. The maximum Gasteiger partial charge on any atom is 0.239 e. The summed E-state index contributed by atoms with van der Waals surface area (Å²) in [6.07, 6.45) is 0. The lowest BCUT2D eigenvalue weighted by Crippen LogP contribution is -2.48. The fourth-order valence-corrected chi connectivity index (χ4v) is 2.16. The van der Waals surface area contributed by atoms with Gasteiger partial charge >= 0.3 is 0 Å². The molecule has 0 spiro atoms. The molecule has 1 aromatic carbocycles. The van der Waals surface area contributed by atoms with Gasteiger partial charge in [-0.05, 0) is 46.0 Å². The fraction of sp³-hybridized carbons (Fsp3) is 0.556. The molecular formula is C18H31N5O. The Labute approximate surface area is 145 Å². The Hall–Kier alpha value is -2.08. The molecule has 6 nitrogen and oxygen atoms in total. The Kier molecular flexibility index (Phi) is 7.71. The largest absolute Gasteiger partial charge is 0.352 e. The topological polar surface area (TPSA) is 68.8 Å². The van der Waals surface area contributed by atoms with Crippen LogP contribution in [0.1, 0.15) is 31.9 Å². The number of carbonyl (C=O) groups excluding carboxylic acids is 1. The van der Waals surface area contributed by atoms with Crippen molar-refractivity contribution in [3.8, 4) is 0 Å². The molecule has 1 amide bonds. The summed E-state index contributed by atoms with van der Waals surface area (Å²) < 4.78 is 0. The zero-order valence-electron chi connectivity index (χ0n) is 15.7. The lowest BCUT2D eigenvalue weighted by atomic mass is 10.1. The molecule has 0 atom stereocenters. The molecule has 0 aliphatic rings. The number of benzene rings is 1. The van der Waals surface area contributed by atoms with Crippen molar-refractivity contribution in [2.75, 3.05) is 27.7 Å². The minimum Gasteiger partial charge on any atom is -0.352 e. The smallest absolute Gasteiger partial charge is 0.239 e. The summed E-state index contributed by atoms with van der Waals surface area (Å²) in [5, 5.41) is 9.14. The zero-order chi connectivity index (χ0) is 18.2. The van der Waals surface area contributed by atoms with E-state index in [0.29, 0.717) is 12.5 Å². The number of rotatable bonds is 6. The summed E-state index contributed by atoms with van der Waals surface area (Å²) >= 11 is 0. The predicted octanol–water partition coefficient (Wildman–Crippen LogP) is 1.33. The van der Waals surface area contributed by atoms with Gasteiger partial charge in [-0.25, -0.2) is 0 Å². The number of nitrogens with zero attached hydrogens (tertiary/aromatic N) is 2. The molecule has 0 aliphatic heterocycles. The van der Waals surface area contributed by atoms with Gasteiger partial charge in [-0.2, -0.15) is 0 Å². The molecule has 1 aromatic rings. The van der Waals surface area contributed by atoms with E-state index in [1.165, 1.54) is 11.1 Å². The van der Waals surface area contributed by atoms with Crippen LogP contribution < -0.4 is 16.0 Å². The lowest BCUT2D eigenvalue weighted by Gasteiger charge is -2.21. The molecule has 1 rings (SSSR count). The summed E-state index contributed by atoms with van der Waals surface area (Å²) in [5.74, 6) is 0.551. The van der Waals surface area contributed by atoms with Crippen molar-refractivity contribution in [3.63, 3.8) is 0 Å². The van der Waals surface area contributed by atoms with Crippen molar-refractivity contribution in [2.24, 2.45) is 4.99 Å². The lowest BCUT2D eigenvalue weighted by molar-refractivity contribution is -0.121. The van der Waals surface area contributed by atoms with E-state index in [2.05, 4.69) is 64.2 Å².